The number of methoxy groups -OCH3 is 2. The van der Waals surface area contributed by atoms with Crippen molar-refractivity contribution in [3.05, 3.63) is 54.1 Å². The molecule has 0 aromatic heterocycles. The zero-order valence-corrected chi connectivity index (χ0v) is 30.9. The number of hydrogen-bond donors (Lipinski definition) is 0. The third kappa shape index (κ3) is 10.8. The van der Waals surface area contributed by atoms with Crippen molar-refractivity contribution in [1.82, 2.24) is 14.1 Å². The number of nitrogens with zero attached hydrogens (tertiary/aromatic N) is 3. The fraction of sp³-hybridized carbons (Fsp3) is 0.611. The van der Waals surface area contributed by atoms with Gasteiger partial charge in [0.1, 0.15) is 5.60 Å². The van der Waals surface area contributed by atoms with Crippen molar-refractivity contribution < 1.29 is 37.0 Å². The molecule has 2 unspecified atom stereocenters. The predicted molar refractivity (Wildman–Crippen MR) is 186 cm³/mol. The van der Waals surface area contributed by atoms with Gasteiger partial charge in [-0.2, -0.15) is 4.31 Å². The molecule has 1 saturated heterocycles. The van der Waals surface area contributed by atoms with Crippen molar-refractivity contribution in [2.45, 2.75) is 71.4 Å². The molecule has 11 nitrogen and oxygen atoms in total. The number of carbonyl (C=O) groups is 2. The molecular weight excluding hydrogens is 634 g/mol. The Labute approximate surface area is 287 Å². The average molecular weight is 690 g/mol. The van der Waals surface area contributed by atoms with Gasteiger partial charge in [0, 0.05) is 70.4 Å². The normalized spacial score (nSPS) is 16.9. The molecule has 3 rings (SSSR count). The molecule has 1 heterocycles. The Bertz CT molecular complexity index is 1440. The van der Waals surface area contributed by atoms with Gasteiger partial charge in [0.05, 0.1) is 18.6 Å². The molecular formula is C36H55N3O8S. The molecule has 0 spiro atoms. The first-order valence-corrected chi connectivity index (χ1v) is 18.1. The maximum atomic E-state index is 14.1. The highest BCUT2D eigenvalue weighted by atomic mass is 32.2. The van der Waals surface area contributed by atoms with Crippen molar-refractivity contribution in [1.29, 1.82) is 0 Å². The molecule has 1 fully saturated rings. The SMILES string of the molecule is COCCCOc1cc(C(=O)N(CC2CN(C(=O)OC(C)(C)C)CC2CN(CC(C)C)S(=O)(=O)c2ccccc2)C(C)C)ccc1OC. The first kappa shape index (κ1) is 39.1. The number of ether oxygens (including phenoxy) is 4. The highest BCUT2D eigenvalue weighted by molar-refractivity contribution is 7.89. The van der Waals surface area contributed by atoms with Crippen LogP contribution < -0.4 is 9.47 Å². The zero-order valence-electron chi connectivity index (χ0n) is 30.1. The Hall–Kier alpha value is -3.35. The fourth-order valence-corrected chi connectivity index (χ4v) is 7.45. The monoisotopic (exact) mass is 689 g/mol. The van der Waals surface area contributed by atoms with Crippen LogP contribution in [0.3, 0.4) is 0 Å². The molecule has 2 aromatic rings. The Morgan fingerprint density at radius 2 is 1.56 bits per heavy atom. The number of benzene rings is 2. The Morgan fingerprint density at radius 3 is 2.12 bits per heavy atom. The van der Waals surface area contributed by atoms with Crippen LogP contribution in [0.25, 0.3) is 0 Å². The van der Waals surface area contributed by atoms with E-state index in [1.165, 1.54) is 4.31 Å². The lowest BCUT2D eigenvalue weighted by atomic mass is 9.94. The molecule has 0 aliphatic carbocycles. The summed E-state index contributed by atoms with van der Waals surface area (Å²) in [6.07, 6.45) is 0.227. The van der Waals surface area contributed by atoms with E-state index in [9.17, 15) is 18.0 Å². The lowest BCUT2D eigenvalue weighted by Gasteiger charge is -2.33. The van der Waals surface area contributed by atoms with E-state index in [0.717, 1.165) is 0 Å². The third-order valence-corrected chi connectivity index (χ3v) is 9.94. The molecule has 2 atom stereocenters. The molecule has 2 amide bonds. The van der Waals surface area contributed by atoms with Crippen LogP contribution in [0.1, 0.15) is 65.2 Å². The van der Waals surface area contributed by atoms with Gasteiger partial charge in [0.25, 0.3) is 5.91 Å². The molecule has 1 aliphatic heterocycles. The molecule has 0 radical (unpaired) electrons. The quantitative estimate of drug-likeness (QED) is 0.204. The second-order valence-electron chi connectivity index (χ2n) is 14.0. The molecule has 2 aromatic carbocycles. The topological polar surface area (TPSA) is 115 Å². The lowest BCUT2D eigenvalue weighted by Crippen LogP contribution is -2.45. The highest BCUT2D eigenvalue weighted by Gasteiger charge is 2.41. The van der Waals surface area contributed by atoms with E-state index in [4.69, 9.17) is 18.9 Å². The molecule has 12 heteroatoms. The highest BCUT2D eigenvalue weighted by Crippen LogP contribution is 2.32. The predicted octanol–water partition coefficient (Wildman–Crippen LogP) is 5.79. The first-order chi connectivity index (χ1) is 22.6. The van der Waals surface area contributed by atoms with Gasteiger partial charge in [-0.25, -0.2) is 13.2 Å². The molecule has 1 aliphatic rings. The number of likely N-dealkylation sites (tertiary alicyclic amines) is 1. The minimum Gasteiger partial charge on any atom is -0.493 e. The van der Waals surface area contributed by atoms with Gasteiger partial charge in [-0.15, -0.1) is 0 Å². The summed E-state index contributed by atoms with van der Waals surface area (Å²) in [6, 6.07) is 13.4. The average Bonchev–Trinajstić information content (AvgIpc) is 3.43. The van der Waals surface area contributed by atoms with Crippen molar-refractivity contribution in [2.75, 3.05) is 60.2 Å². The minimum atomic E-state index is -3.82. The largest absolute Gasteiger partial charge is 0.493 e. The maximum absolute atomic E-state index is 14.1. The van der Waals surface area contributed by atoms with Crippen molar-refractivity contribution in [2.24, 2.45) is 17.8 Å². The summed E-state index contributed by atoms with van der Waals surface area (Å²) in [6.45, 7) is 15.7. The van der Waals surface area contributed by atoms with Gasteiger partial charge in [0.15, 0.2) is 11.5 Å². The molecule has 268 valence electrons. The van der Waals surface area contributed by atoms with Crippen molar-refractivity contribution in [3.63, 3.8) is 0 Å². The van der Waals surface area contributed by atoms with Crippen LogP contribution in [0.15, 0.2) is 53.4 Å². The van der Waals surface area contributed by atoms with Crippen LogP contribution in [0, 0.1) is 17.8 Å². The second kappa shape index (κ2) is 17.3. The number of rotatable bonds is 16. The van der Waals surface area contributed by atoms with Gasteiger partial charge in [-0.3, -0.25) is 4.79 Å². The summed E-state index contributed by atoms with van der Waals surface area (Å²) in [5.74, 6) is 0.397. The summed E-state index contributed by atoms with van der Waals surface area (Å²) >= 11 is 0. The first-order valence-electron chi connectivity index (χ1n) is 16.7. The molecule has 0 bridgehead atoms. The van der Waals surface area contributed by atoms with Gasteiger partial charge in [0.2, 0.25) is 10.0 Å². The van der Waals surface area contributed by atoms with Crippen LogP contribution in [-0.4, -0.2) is 106 Å². The van der Waals surface area contributed by atoms with E-state index in [2.05, 4.69) is 0 Å². The van der Waals surface area contributed by atoms with E-state index in [0.29, 0.717) is 62.9 Å². The number of carbonyl (C=O) groups excluding carboxylic acids is 2. The van der Waals surface area contributed by atoms with Gasteiger partial charge in [-0.05, 0) is 76.8 Å². The summed E-state index contributed by atoms with van der Waals surface area (Å²) < 4.78 is 51.6. The van der Waals surface area contributed by atoms with Gasteiger partial charge < -0.3 is 28.7 Å². The summed E-state index contributed by atoms with van der Waals surface area (Å²) in [7, 11) is -0.633. The molecule has 48 heavy (non-hydrogen) atoms. The summed E-state index contributed by atoms with van der Waals surface area (Å²) in [5, 5.41) is 0. The number of sulfonamides is 1. The van der Waals surface area contributed by atoms with Crippen LogP contribution in [0.2, 0.25) is 0 Å². The Kier molecular flexibility index (Phi) is 14.1. The summed E-state index contributed by atoms with van der Waals surface area (Å²) in [5.41, 5.74) is -0.249. The second-order valence-corrected chi connectivity index (χ2v) is 16.0. The van der Waals surface area contributed by atoms with E-state index in [1.54, 1.807) is 72.6 Å². The van der Waals surface area contributed by atoms with Crippen LogP contribution >= 0.6 is 0 Å². The van der Waals surface area contributed by atoms with Crippen molar-refractivity contribution in [3.8, 4) is 11.5 Å². The van der Waals surface area contributed by atoms with Gasteiger partial charge >= 0.3 is 6.09 Å². The maximum Gasteiger partial charge on any atom is 0.410 e. The molecule has 0 N–H and O–H groups in total. The molecule has 0 saturated carbocycles. The van der Waals surface area contributed by atoms with E-state index >= 15 is 0 Å². The minimum absolute atomic E-state index is 0.0695. The fourth-order valence-electron chi connectivity index (χ4n) is 5.76. The summed E-state index contributed by atoms with van der Waals surface area (Å²) in [4.78, 5) is 31.1. The van der Waals surface area contributed by atoms with E-state index in [-0.39, 0.29) is 41.1 Å². The van der Waals surface area contributed by atoms with Crippen molar-refractivity contribution >= 4 is 22.0 Å². The lowest BCUT2D eigenvalue weighted by molar-refractivity contribution is 0.0281. The number of amides is 2. The Balaban J connectivity index is 1.94. The third-order valence-electron chi connectivity index (χ3n) is 8.09. The standard InChI is InChI=1S/C36H55N3O8S/c1-26(2)21-38(48(42,43)31-14-11-10-12-15-31)24-29-22-37(35(41)47-36(5,6)7)23-30(29)25-39(27(3)4)34(40)28-16-17-32(45-9)33(20-28)46-19-13-18-44-8/h10-12,14-17,20,26-27,29-30H,13,18-19,21-25H2,1-9H3. The van der Waals surface area contributed by atoms with E-state index in [1.807, 2.05) is 48.5 Å². The van der Waals surface area contributed by atoms with Crippen LogP contribution in [0.5, 0.6) is 11.5 Å². The smallest absolute Gasteiger partial charge is 0.410 e. The van der Waals surface area contributed by atoms with Crippen LogP contribution in [0.4, 0.5) is 4.79 Å². The number of hydrogen-bond acceptors (Lipinski definition) is 8. The van der Waals surface area contributed by atoms with Gasteiger partial charge in [-0.1, -0.05) is 32.0 Å². The zero-order chi connectivity index (χ0) is 35.6. The Morgan fingerprint density at radius 1 is 0.917 bits per heavy atom. The van der Waals surface area contributed by atoms with E-state index < -0.39 is 21.7 Å². The van der Waals surface area contributed by atoms with Crippen LogP contribution in [-0.2, 0) is 19.5 Å².